The molecule has 0 N–H and O–H groups in total. The monoisotopic (exact) mass is 406 g/mol. The van der Waals surface area contributed by atoms with Crippen molar-refractivity contribution in [3.8, 4) is 28.5 Å². The Bertz CT molecular complexity index is 1110. The van der Waals surface area contributed by atoms with Crippen molar-refractivity contribution in [2.75, 3.05) is 7.11 Å². The Balaban J connectivity index is 1.33. The predicted octanol–water partition coefficient (Wildman–Crippen LogP) is 4.03. The Morgan fingerprint density at radius 2 is 2.00 bits per heavy atom. The molecular formula is C20H18N6O2S. The number of hydrogen-bond acceptors (Lipinski definition) is 8. The van der Waals surface area contributed by atoms with E-state index in [1.807, 2.05) is 42.6 Å². The van der Waals surface area contributed by atoms with Crippen LogP contribution < -0.4 is 4.74 Å². The Hall–Kier alpha value is -3.20. The first-order valence-electron chi connectivity index (χ1n) is 9.27. The molecule has 1 aromatic carbocycles. The standard InChI is InChI=1S/C20H18N6O2S/c1-27-16-8-4-13(5-9-16)18-22-17(28-25-18)12-29-20-24-23-19(26(20)15-6-7-15)14-3-2-10-21-11-14/h2-5,8-11,15H,6-7,12H2,1H3. The van der Waals surface area contributed by atoms with Gasteiger partial charge in [-0.1, -0.05) is 16.9 Å². The average Bonchev–Trinajstić information content (AvgIpc) is 3.35. The topological polar surface area (TPSA) is 91.8 Å². The molecule has 3 heterocycles. The maximum absolute atomic E-state index is 5.42. The summed E-state index contributed by atoms with van der Waals surface area (Å²) < 4.78 is 12.8. The number of thioether (sulfide) groups is 1. The first-order valence-corrected chi connectivity index (χ1v) is 10.3. The van der Waals surface area contributed by atoms with E-state index < -0.39 is 0 Å². The van der Waals surface area contributed by atoms with Crippen LogP contribution in [0.3, 0.4) is 0 Å². The normalized spacial score (nSPS) is 13.6. The number of rotatable bonds is 7. The summed E-state index contributed by atoms with van der Waals surface area (Å²) in [4.78, 5) is 8.70. The zero-order valence-electron chi connectivity index (χ0n) is 15.7. The van der Waals surface area contributed by atoms with Gasteiger partial charge >= 0.3 is 0 Å². The molecule has 1 aliphatic carbocycles. The lowest BCUT2D eigenvalue weighted by Crippen LogP contribution is -2.00. The van der Waals surface area contributed by atoms with Crippen LogP contribution in [0.4, 0.5) is 0 Å². The summed E-state index contributed by atoms with van der Waals surface area (Å²) in [5.74, 6) is 3.28. The highest BCUT2D eigenvalue weighted by atomic mass is 32.2. The number of nitrogens with zero attached hydrogens (tertiary/aromatic N) is 6. The van der Waals surface area contributed by atoms with Crippen molar-refractivity contribution in [2.24, 2.45) is 0 Å². The lowest BCUT2D eigenvalue weighted by molar-refractivity contribution is 0.391. The molecule has 0 saturated heterocycles. The number of pyridine rings is 1. The van der Waals surface area contributed by atoms with Gasteiger partial charge in [-0.05, 0) is 49.2 Å². The smallest absolute Gasteiger partial charge is 0.237 e. The summed E-state index contributed by atoms with van der Waals surface area (Å²) >= 11 is 1.55. The molecule has 8 nitrogen and oxygen atoms in total. The van der Waals surface area contributed by atoms with E-state index in [0.29, 0.717) is 23.5 Å². The maximum atomic E-state index is 5.42. The number of hydrogen-bond donors (Lipinski definition) is 0. The SMILES string of the molecule is COc1ccc(-c2noc(CSc3nnc(-c4cccnc4)n3C3CC3)n2)cc1. The fourth-order valence-electron chi connectivity index (χ4n) is 3.03. The lowest BCUT2D eigenvalue weighted by atomic mass is 10.2. The Morgan fingerprint density at radius 3 is 2.72 bits per heavy atom. The molecule has 0 spiro atoms. The molecule has 1 aliphatic rings. The predicted molar refractivity (Wildman–Crippen MR) is 107 cm³/mol. The van der Waals surface area contributed by atoms with E-state index in [2.05, 4.69) is 29.9 Å². The van der Waals surface area contributed by atoms with Gasteiger partial charge in [-0.3, -0.25) is 9.55 Å². The Labute approximate surface area is 171 Å². The van der Waals surface area contributed by atoms with E-state index in [0.717, 1.165) is 40.7 Å². The Kier molecular flexibility index (Phi) is 4.73. The molecule has 3 aromatic heterocycles. The molecule has 146 valence electrons. The van der Waals surface area contributed by atoms with E-state index in [1.54, 1.807) is 25.1 Å². The quantitative estimate of drug-likeness (QED) is 0.425. The van der Waals surface area contributed by atoms with Gasteiger partial charge in [0.25, 0.3) is 0 Å². The number of benzene rings is 1. The minimum Gasteiger partial charge on any atom is -0.497 e. The molecule has 1 saturated carbocycles. The van der Waals surface area contributed by atoms with Gasteiger partial charge in [0.1, 0.15) is 5.75 Å². The molecule has 0 bridgehead atoms. The summed E-state index contributed by atoms with van der Waals surface area (Å²) in [6.45, 7) is 0. The third-order valence-corrected chi connectivity index (χ3v) is 5.57. The van der Waals surface area contributed by atoms with Crippen molar-refractivity contribution in [3.63, 3.8) is 0 Å². The van der Waals surface area contributed by atoms with Crippen LogP contribution in [0.25, 0.3) is 22.8 Å². The second kappa shape index (κ2) is 7.67. The van der Waals surface area contributed by atoms with Gasteiger partial charge in [0.2, 0.25) is 11.7 Å². The highest BCUT2D eigenvalue weighted by molar-refractivity contribution is 7.98. The van der Waals surface area contributed by atoms with Gasteiger partial charge < -0.3 is 9.26 Å². The molecule has 4 aromatic rings. The van der Waals surface area contributed by atoms with Gasteiger partial charge in [-0.25, -0.2) is 0 Å². The zero-order valence-corrected chi connectivity index (χ0v) is 16.5. The van der Waals surface area contributed by atoms with Crippen molar-refractivity contribution in [1.82, 2.24) is 29.9 Å². The van der Waals surface area contributed by atoms with E-state index >= 15 is 0 Å². The third kappa shape index (κ3) is 3.73. The van der Waals surface area contributed by atoms with Gasteiger partial charge in [0.15, 0.2) is 11.0 Å². The van der Waals surface area contributed by atoms with Crippen molar-refractivity contribution in [1.29, 1.82) is 0 Å². The van der Waals surface area contributed by atoms with Crippen LogP contribution >= 0.6 is 11.8 Å². The molecule has 5 rings (SSSR count). The van der Waals surface area contributed by atoms with Crippen molar-refractivity contribution in [3.05, 3.63) is 54.7 Å². The van der Waals surface area contributed by atoms with E-state index in [9.17, 15) is 0 Å². The van der Waals surface area contributed by atoms with Crippen molar-refractivity contribution >= 4 is 11.8 Å². The molecule has 0 aliphatic heterocycles. The summed E-state index contributed by atoms with van der Waals surface area (Å²) in [7, 11) is 1.64. The van der Waals surface area contributed by atoms with Gasteiger partial charge in [0, 0.05) is 29.6 Å². The van der Waals surface area contributed by atoms with Crippen LogP contribution in [-0.4, -0.2) is 37.0 Å². The van der Waals surface area contributed by atoms with Crippen molar-refractivity contribution in [2.45, 2.75) is 29.8 Å². The van der Waals surface area contributed by atoms with Crippen LogP contribution in [-0.2, 0) is 5.75 Å². The van der Waals surface area contributed by atoms with E-state index in [4.69, 9.17) is 9.26 Å². The molecule has 0 unspecified atom stereocenters. The van der Waals surface area contributed by atoms with Crippen LogP contribution in [0.2, 0.25) is 0 Å². The fraction of sp³-hybridized carbons (Fsp3) is 0.250. The molecule has 9 heteroatoms. The minimum absolute atomic E-state index is 0.445. The molecule has 1 fully saturated rings. The average molecular weight is 406 g/mol. The zero-order chi connectivity index (χ0) is 19.6. The van der Waals surface area contributed by atoms with Crippen LogP contribution in [0.5, 0.6) is 5.75 Å². The first-order chi connectivity index (χ1) is 14.3. The maximum Gasteiger partial charge on any atom is 0.237 e. The molecule has 0 radical (unpaired) electrons. The highest BCUT2D eigenvalue weighted by Gasteiger charge is 2.30. The first kappa shape index (κ1) is 17.9. The number of methoxy groups -OCH3 is 1. The number of ether oxygens (including phenoxy) is 1. The molecule has 29 heavy (non-hydrogen) atoms. The minimum atomic E-state index is 0.445. The van der Waals surface area contributed by atoms with Crippen molar-refractivity contribution < 1.29 is 9.26 Å². The van der Waals surface area contributed by atoms with E-state index in [-0.39, 0.29) is 0 Å². The third-order valence-electron chi connectivity index (χ3n) is 4.64. The summed E-state index contributed by atoms with van der Waals surface area (Å²) in [5, 5.41) is 13.7. The fourth-order valence-corrected chi connectivity index (χ4v) is 3.87. The summed E-state index contributed by atoms with van der Waals surface area (Å²) in [6.07, 6.45) is 5.85. The van der Waals surface area contributed by atoms with Crippen LogP contribution in [0.15, 0.2) is 58.5 Å². The van der Waals surface area contributed by atoms with E-state index in [1.165, 1.54) is 0 Å². The Morgan fingerprint density at radius 1 is 1.14 bits per heavy atom. The molecular weight excluding hydrogens is 388 g/mol. The van der Waals surface area contributed by atoms with Crippen LogP contribution in [0, 0.1) is 0 Å². The summed E-state index contributed by atoms with van der Waals surface area (Å²) in [6, 6.07) is 11.9. The summed E-state index contributed by atoms with van der Waals surface area (Å²) in [5.41, 5.74) is 1.85. The second-order valence-electron chi connectivity index (χ2n) is 6.68. The largest absolute Gasteiger partial charge is 0.497 e. The van der Waals surface area contributed by atoms with Gasteiger partial charge in [-0.15, -0.1) is 10.2 Å². The number of aromatic nitrogens is 6. The highest BCUT2D eigenvalue weighted by Crippen LogP contribution is 2.41. The van der Waals surface area contributed by atoms with Gasteiger partial charge in [-0.2, -0.15) is 4.98 Å². The molecule has 0 atom stereocenters. The lowest BCUT2D eigenvalue weighted by Gasteiger charge is -2.07. The van der Waals surface area contributed by atoms with Gasteiger partial charge in [0.05, 0.1) is 12.9 Å². The molecule has 0 amide bonds. The van der Waals surface area contributed by atoms with Crippen LogP contribution in [0.1, 0.15) is 24.8 Å². The second-order valence-corrected chi connectivity index (χ2v) is 7.62.